The highest BCUT2D eigenvalue weighted by atomic mass is 16.5. The van der Waals surface area contributed by atoms with Crippen LogP contribution in [-0.4, -0.2) is 62.8 Å². The molecule has 2 saturated heterocycles. The smallest absolute Gasteiger partial charge is 0.161 e. The van der Waals surface area contributed by atoms with E-state index in [1.54, 1.807) is 14.2 Å². The number of fused-ring (bicyclic) bond motifs is 1. The molecule has 144 valence electrons. The average molecular weight is 359 g/mol. The lowest BCUT2D eigenvalue weighted by Crippen LogP contribution is -2.52. The lowest BCUT2D eigenvalue weighted by molar-refractivity contribution is 0.0696. The Morgan fingerprint density at radius 1 is 0.962 bits per heavy atom. The summed E-state index contributed by atoms with van der Waals surface area (Å²) in [4.78, 5) is 5.40. The molecule has 4 heteroatoms. The van der Waals surface area contributed by atoms with Crippen LogP contribution in [0.15, 0.2) is 18.2 Å². The normalized spacial score (nSPS) is 33.0. The molecule has 1 aliphatic carbocycles. The zero-order valence-electron chi connectivity index (χ0n) is 16.7. The van der Waals surface area contributed by atoms with E-state index in [0.29, 0.717) is 6.04 Å². The van der Waals surface area contributed by atoms with Crippen molar-refractivity contribution in [3.8, 4) is 11.5 Å². The number of rotatable bonds is 4. The quantitative estimate of drug-likeness (QED) is 0.820. The molecule has 0 N–H and O–H groups in total. The Bertz CT molecular complexity index is 629. The molecule has 4 nitrogen and oxygen atoms in total. The van der Waals surface area contributed by atoms with E-state index in [2.05, 4.69) is 35.0 Å². The monoisotopic (exact) mass is 358 g/mol. The third-order valence-electron chi connectivity index (χ3n) is 7.37. The molecule has 0 amide bonds. The highest BCUT2D eigenvalue weighted by molar-refractivity contribution is 5.46. The van der Waals surface area contributed by atoms with Crippen LogP contribution in [0.2, 0.25) is 0 Å². The van der Waals surface area contributed by atoms with Crippen LogP contribution in [0.1, 0.15) is 50.5 Å². The van der Waals surface area contributed by atoms with Crippen molar-refractivity contribution in [3.63, 3.8) is 0 Å². The van der Waals surface area contributed by atoms with Crippen molar-refractivity contribution < 1.29 is 9.47 Å². The van der Waals surface area contributed by atoms with Gasteiger partial charge in [0, 0.05) is 17.5 Å². The predicted molar refractivity (Wildman–Crippen MR) is 105 cm³/mol. The van der Waals surface area contributed by atoms with E-state index in [-0.39, 0.29) is 5.41 Å². The van der Waals surface area contributed by atoms with E-state index in [0.717, 1.165) is 17.5 Å². The third kappa shape index (κ3) is 3.01. The first kappa shape index (κ1) is 18.1. The zero-order chi connectivity index (χ0) is 18.1. The molecule has 1 saturated carbocycles. The molecule has 1 unspecified atom stereocenters. The predicted octanol–water partition coefficient (Wildman–Crippen LogP) is 3.68. The van der Waals surface area contributed by atoms with Crippen LogP contribution in [0, 0.1) is 0 Å². The molecular formula is C22H34N2O2. The first-order chi connectivity index (χ1) is 12.7. The Balaban J connectivity index is 1.61. The molecule has 0 aromatic heterocycles. The van der Waals surface area contributed by atoms with E-state index in [9.17, 15) is 0 Å². The van der Waals surface area contributed by atoms with Gasteiger partial charge in [-0.2, -0.15) is 0 Å². The maximum atomic E-state index is 5.61. The highest BCUT2D eigenvalue weighted by Crippen LogP contribution is 2.50. The van der Waals surface area contributed by atoms with Gasteiger partial charge in [-0.25, -0.2) is 0 Å². The number of piperidine rings is 1. The van der Waals surface area contributed by atoms with Gasteiger partial charge in [-0.05, 0) is 82.9 Å². The number of methoxy groups -OCH3 is 2. The van der Waals surface area contributed by atoms with Gasteiger partial charge in [0.25, 0.3) is 0 Å². The summed E-state index contributed by atoms with van der Waals surface area (Å²) in [5.74, 6) is 1.70. The fraction of sp³-hybridized carbons (Fsp3) is 0.727. The second kappa shape index (κ2) is 7.40. The molecule has 3 atom stereocenters. The van der Waals surface area contributed by atoms with Crippen LogP contribution in [0.3, 0.4) is 0 Å². The molecule has 0 bridgehead atoms. The van der Waals surface area contributed by atoms with Gasteiger partial charge >= 0.3 is 0 Å². The summed E-state index contributed by atoms with van der Waals surface area (Å²) in [7, 11) is 5.78. The molecule has 1 aromatic carbocycles. The van der Waals surface area contributed by atoms with Crippen LogP contribution in [0.4, 0.5) is 0 Å². The number of nitrogens with zero attached hydrogens (tertiary/aromatic N) is 2. The Kier molecular flexibility index (Phi) is 5.15. The van der Waals surface area contributed by atoms with E-state index < -0.39 is 0 Å². The van der Waals surface area contributed by atoms with Crippen molar-refractivity contribution in [2.24, 2.45) is 0 Å². The number of hydrogen-bond acceptors (Lipinski definition) is 4. The van der Waals surface area contributed by atoms with Gasteiger partial charge in [-0.15, -0.1) is 0 Å². The molecule has 0 radical (unpaired) electrons. The van der Waals surface area contributed by atoms with Crippen molar-refractivity contribution in [3.05, 3.63) is 23.8 Å². The van der Waals surface area contributed by atoms with Gasteiger partial charge in [0.05, 0.1) is 14.2 Å². The first-order valence-electron chi connectivity index (χ1n) is 10.3. The largest absolute Gasteiger partial charge is 0.493 e. The number of hydrogen-bond donors (Lipinski definition) is 0. The maximum Gasteiger partial charge on any atom is 0.161 e. The van der Waals surface area contributed by atoms with Crippen LogP contribution in [-0.2, 0) is 5.41 Å². The molecule has 2 heterocycles. The van der Waals surface area contributed by atoms with Gasteiger partial charge < -0.3 is 19.3 Å². The summed E-state index contributed by atoms with van der Waals surface area (Å²) < 4.78 is 11.1. The molecule has 1 aromatic rings. The maximum absolute atomic E-state index is 5.61. The Morgan fingerprint density at radius 3 is 2.46 bits per heavy atom. The number of likely N-dealkylation sites (N-methyl/N-ethyl adjacent to an activating group) is 1. The zero-order valence-corrected chi connectivity index (χ0v) is 16.7. The molecule has 26 heavy (non-hydrogen) atoms. The Morgan fingerprint density at radius 2 is 1.73 bits per heavy atom. The second-order valence-electron chi connectivity index (χ2n) is 8.50. The SMILES string of the molecule is COc1ccc([C@@]23CCC(N4CCCCC4)C[C@@H]2N(C)CC3)cc1OC. The van der Waals surface area contributed by atoms with Crippen molar-refractivity contribution in [1.82, 2.24) is 9.80 Å². The minimum absolute atomic E-state index is 0.278. The molecule has 2 aliphatic heterocycles. The van der Waals surface area contributed by atoms with Gasteiger partial charge in [-0.3, -0.25) is 0 Å². The van der Waals surface area contributed by atoms with Crippen LogP contribution < -0.4 is 9.47 Å². The molecule has 4 rings (SSSR count). The van der Waals surface area contributed by atoms with Gasteiger partial charge in [-0.1, -0.05) is 12.5 Å². The van der Waals surface area contributed by atoms with Crippen molar-refractivity contribution in [2.45, 2.75) is 62.4 Å². The minimum Gasteiger partial charge on any atom is -0.493 e. The summed E-state index contributed by atoms with van der Waals surface area (Å²) in [6, 6.07) is 8.03. The molecule has 0 spiro atoms. The fourth-order valence-corrected chi connectivity index (χ4v) is 5.86. The lowest BCUT2D eigenvalue weighted by Gasteiger charge is -2.48. The van der Waals surface area contributed by atoms with Crippen molar-refractivity contribution >= 4 is 0 Å². The summed E-state index contributed by atoms with van der Waals surface area (Å²) in [5.41, 5.74) is 1.72. The van der Waals surface area contributed by atoms with Crippen molar-refractivity contribution in [2.75, 3.05) is 40.9 Å². The van der Waals surface area contributed by atoms with E-state index >= 15 is 0 Å². The second-order valence-corrected chi connectivity index (χ2v) is 8.50. The number of ether oxygens (including phenoxy) is 2. The highest BCUT2D eigenvalue weighted by Gasteiger charge is 2.51. The summed E-state index contributed by atoms with van der Waals surface area (Å²) in [6.45, 7) is 3.82. The Hall–Kier alpha value is -1.26. The molecular weight excluding hydrogens is 324 g/mol. The van der Waals surface area contributed by atoms with Gasteiger partial charge in [0.15, 0.2) is 11.5 Å². The van der Waals surface area contributed by atoms with Crippen LogP contribution >= 0.6 is 0 Å². The summed E-state index contributed by atoms with van der Waals surface area (Å²) >= 11 is 0. The van der Waals surface area contributed by atoms with Gasteiger partial charge in [0.2, 0.25) is 0 Å². The number of likely N-dealkylation sites (tertiary alicyclic amines) is 2. The van der Waals surface area contributed by atoms with E-state index in [4.69, 9.17) is 9.47 Å². The number of benzene rings is 1. The molecule has 3 aliphatic rings. The fourth-order valence-electron chi connectivity index (χ4n) is 5.86. The van der Waals surface area contributed by atoms with E-state index in [1.807, 2.05) is 0 Å². The minimum atomic E-state index is 0.278. The van der Waals surface area contributed by atoms with Crippen LogP contribution in [0.25, 0.3) is 0 Å². The summed E-state index contributed by atoms with van der Waals surface area (Å²) in [5, 5.41) is 0. The average Bonchev–Trinajstić information content (AvgIpc) is 3.05. The summed E-state index contributed by atoms with van der Waals surface area (Å²) in [6.07, 6.45) is 9.39. The topological polar surface area (TPSA) is 24.9 Å². The molecule has 3 fully saturated rings. The Labute approximate surface area is 158 Å². The van der Waals surface area contributed by atoms with Gasteiger partial charge in [0.1, 0.15) is 0 Å². The van der Waals surface area contributed by atoms with Crippen molar-refractivity contribution in [1.29, 1.82) is 0 Å². The third-order valence-corrected chi connectivity index (χ3v) is 7.37. The van der Waals surface area contributed by atoms with E-state index in [1.165, 1.54) is 70.1 Å². The van der Waals surface area contributed by atoms with Crippen LogP contribution in [0.5, 0.6) is 11.5 Å². The standard InChI is InChI=1S/C22H34N2O2/c1-23-14-11-22(17-7-8-19(25-2)20(15-17)26-3)10-9-18(16-21(22)23)24-12-5-4-6-13-24/h7-8,15,18,21H,4-6,9-14,16H2,1-3H3/t18?,21-,22-/m0/s1. The lowest BCUT2D eigenvalue weighted by atomic mass is 9.64. The first-order valence-corrected chi connectivity index (χ1v) is 10.3.